The Morgan fingerprint density at radius 2 is 1.90 bits per heavy atom. The maximum absolute atomic E-state index is 4.62. The van der Waals surface area contributed by atoms with Crippen LogP contribution in [-0.4, -0.2) is 15.4 Å². The summed E-state index contributed by atoms with van der Waals surface area (Å²) in [5.41, 5.74) is 2.57. The smallest absolute Gasteiger partial charge is 0.202 e. The highest BCUT2D eigenvalue weighted by atomic mass is 32.1. The molecule has 0 amide bonds. The first-order chi connectivity index (χ1) is 9.79. The molecule has 0 aliphatic heterocycles. The van der Waals surface area contributed by atoms with Crippen LogP contribution in [0, 0.1) is 6.92 Å². The summed E-state index contributed by atoms with van der Waals surface area (Å²) < 4.78 is 4.47. The summed E-state index contributed by atoms with van der Waals surface area (Å²) in [6, 6.07) is 9.20. The fourth-order valence-corrected chi connectivity index (χ4v) is 3.36. The predicted octanol–water partition coefficient (Wildman–Crippen LogP) is 4.18. The Morgan fingerprint density at radius 3 is 2.65 bits per heavy atom. The van der Waals surface area contributed by atoms with Gasteiger partial charge in [-0.3, -0.25) is 0 Å². The summed E-state index contributed by atoms with van der Waals surface area (Å²) in [4.78, 5) is 4.62. The van der Waals surface area contributed by atoms with Gasteiger partial charge in [-0.1, -0.05) is 49.1 Å². The minimum Gasteiger partial charge on any atom is -0.358 e. The van der Waals surface area contributed by atoms with Crippen molar-refractivity contribution in [2.75, 3.05) is 5.32 Å². The predicted molar refractivity (Wildman–Crippen MR) is 84.4 cm³/mol. The highest BCUT2D eigenvalue weighted by molar-refractivity contribution is 7.09. The number of hydrogen-bond donors (Lipinski definition) is 1. The van der Waals surface area contributed by atoms with E-state index in [2.05, 4.69) is 45.9 Å². The summed E-state index contributed by atoms with van der Waals surface area (Å²) in [7, 11) is 0. The average molecular weight is 287 g/mol. The van der Waals surface area contributed by atoms with Crippen LogP contribution in [0.25, 0.3) is 0 Å². The van der Waals surface area contributed by atoms with Crippen molar-refractivity contribution in [1.82, 2.24) is 9.36 Å². The molecule has 0 unspecified atom stereocenters. The molecule has 4 heteroatoms. The monoisotopic (exact) mass is 287 g/mol. The molecule has 0 spiro atoms. The molecule has 2 aromatic rings. The van der Waals surface area contributed by atoms with Gasteiger partial charge in [-0.05, 0) is 25.3 Å². The molecule has 3 nitrogen and oxygen atoms in total. The number of nitrogens with zero attached hydrogens (tertiary/aromatic N) is 2. The first-order valence-corrected chi connectivity index (χ1v) is 8.21. The number of rotatable bonds is 4. The summed E-state index contributed by atoms with van der Waals surface area (Å²) in [6.07, 6.45) is 7.43. The number of hydrogen-bond acceptors (Lipinski definition) is 4. The molecule has 106 valence electrons. The van der Waals surface area contributed by atoms with E-state index in [1.54, 1.807) is 0 Å². The van der Waals surface area contributed by atoms with Crippen molar-refractivity contribution >= 4 is 16.7 Å². The van der Waals surface area contributed by atoms with Crippen LogP contribution < -0.4 is 5.32 Å². The van der Waals surface area contributed by atoms with E-state index in [1.165, 1.54) is 54.8 Å². The molecule has 1 N–H and O–H groups in total. The molecule has 1 fully saturated rings. The van der Waals surface area contributed by atoms with Crippen molar-refractivity contribution in [2.45, 2.75) is 51.5 Å². The van der Waals surface area contributed by atoms with Gasteiger partial charge in [0.2, 0.25) is 5.13 Å². The fraction of sp³-hybridized carbons (Fsp3) is 0.500. The van der Waals surface area contributed by atoms with Gasteiger partial charge < -0.3 is 5.32 Å². The number of aryl methyl sites for hydroxylation is 1. The lowest BCUT2D eigenvalue weighted by Gasteiger charge is -2.21. The fourth-order valence-electron chi connectivity index (χ4n) is 2.69. The van der Waals surface area contributed by atoms with E-state index >= 15 is 0 Å². The quantitative estimate of drug-likeness (QED) is 0.916. The SMILES string of the molecule is Cc1ccc(Cc2nsc(NC3CCCCC3)n2)cc1. The van der Waals surface area contributed by atoms with Crippen LogP contribution in [0.1, 0.15) is 49.1 Å². The molecule has 0 atom stereocenters. The van der Waals surface area contributed by atoms with Gasteiger partial charge in [0, 0.05) is 24.0 Å². The lowest BCUT2D eigenvalue weighted by Crippen LogP contribution is -2.22. The zero-order valence-corrected chi connectivity index (χ0v) is 12.7. The number of nitrogens with one attached hydrogen (secondary N) is 1. The number of benzene rings is 1. The van der Waals surface area contributed by atoms with Crippen LogP contribution in [0.4, 0.5) is 5.13 Å². The highest BCUT2D eigenvalue weighted by Crippen LogP contribution is 2.23. The Labute approximate surface area is 124 Å². The molecule has 0 bridgehead atoms. The van der Waals surface area contributed by atoms with Crippen molar-refractivity contribution < 1.29 is 0 Å². The third-order valence-electron chi connectivity index (χ3n) is 3.88. The van der Waals surface area contributed by atoms with Crippen molar-refractivity contribution in [3.05, 3.63) is 41.2 Å². The zero-order chi connectivity index (χ0) is 13.8. The molecule has 0 radical (unpaired) electrons. The normalized spacial score (nSPS) is 16.2. The lowest BCUT2D eigenvalue weighted by molar-refractivity contribution is 0.462. The maximum Gasteiger partial charge on any atom is 0.202 e. The summed E-state index contributed by atoms with van der Waals surface area (Å²) in [6.45, 7) is 2.11. The van der Waals surface area contributed by atoms with Gasteiger partial charge in [0.05, 0.1) is 0 Å². The van der Waals surface area contributed by atoms with Crippen LogP contribution in [0.5, 0.6) is 0 Å². The third-order valence-corrected chi connectivity index (χ3v) is 4.57. The molecule has 20 heavy (non-hydrogen) atoms. The largest absolute Gasteiger partial charge is 0.358 e. The Bertz CT molecular complexity index is 541. The molecule has 3 rings (SSSR count). The van der Waals surface area contributed by atoms with E-state index in [9.17, 15) is 0 Å². The van der Waals surface area contributed by atoms with Gasteiger partial charge in [-0.25, -0.2) is 4.98 Å². The van der Waals surface area contributed by atoms with E-state index in [0.717, 1.165) is 17.4 Å². The van der Waals surface area contributed by atoms with E-state index in [4.69, 9.17) is 0 Å². The first-order valence-electron chi connectivity index (χ1n) is 7.44. The topological polar surface area (TPSA) is 37.8 Å². The standard InChI is InChI=1S/C16H21N3S/c1-12-7-9-13(10-8-12)11-15-18-16(20-19-15)17-14-5-3-2-4-6-14/h7-10,14H,2-6,11H2,1H3,(H,17,18,19). The summed E-state index contributed by atoms with van der Waals surface area (Å²) in [5, 5.41) is 4.53. The average Bonchev–Trinajstić information content (AvgIpc) is 2.90. The van der Waals surface area contributed by atoms with Crippen LogP contribution >= 0.6 is 11.5 Å². The minimum atomic E-state index is 0.601. The first kappa shape index (κ1) is 13.6. The molecular formula is C16H21N3S. The number of anilines is 1. The third kappa shape index (κ3) is 3.57. The van der Waals surface area contributed by atoms with Gasteiger partial charge in [-0.15, -0.1) is 0 Å². The van der Waals surface area contributed by atoms with Crippen LogP contribution in [-0.2, 0) is 6.42 Å². The van der Waals surface area contributed by atoms with Crippen molar-refractivity contribution in [3.63, 3.8) is 0 Å². The van der Waals surface area contributed by atoms with Crippen LogP contribution in [0.15, 0.2) is 24.3 Å². The Balaban J connectivity index is 1.60. The second kappa shape index (κ2) is 6.35. The molecule has 1 aliphatic carbocycles. The second-order valence-electron chi connectivity index (χ2n) is 5.66. The maximum atomic E-state index is 4.62. The highest BCUT2D eigenvalue weighted by Gasteiger charge is 2.15. The Kier molecular flexibility index (Phi) is 4.31. The molecule has 1 heterocycles. The van der Waals surface area contributed by atoms with Crippen molar-refractivity contribution in [3.8, 4) is 0 Å². The van der Waals surface area contributed by atoms with Crippen molar-refractivity contribution in [2.24, 2.45) is 0 Å². The molecule has 1 aliphatic rings. The minimum absolute atomic E-state index is 0.601. The van der Waals surface area contributed by atoms with Crippen LogP contribution in [0.3, 0.4) is 0 Å². The molecule has 0 saturated heterocycles. The van der Waals surface area contributed by atoms with E-state index in [-0.39, 0.29) is 0 Å². The lowest BCUT2D eigenvalue weighted by atomic mass is 9.96. The van der Waals surface area contributed by atoms with E-state index in [1.807, 2.05) is 0 Å². The van der Waals surface area contributed by atoms with Gasteiger partial charge in [-0.2, -0.15) is 4.37 Å². The molecule has 1 aromatic heterocycles. The summed E-state index contributed by atoms with van der Waals surface area (Å²) >= 11 is 1.49. The van der Waals surface area contributed by atoms with Gasteiger partial charge in [0.1, 0.15) is 5.82 Å². The summed E-state index contributed by atoms with van der Waals surface area (Å²) in [5.74, 6) is 0.928. The van der Waals surface area contributed by atoms with E-state index in [0.29, 0.717) is 6.04 Å². The zero-order valence-electron chi connectivity index (χ0n) is 11.9. The van der Waals surface area contributed by atoms with Gasteiger partial charge in [0.25, 0.3) is 0 Å². The molecule has 1 saturated carbocycles. The molecule has 1 aromatic carbocycles. The number of aromatic nitrogens is 2. The van der Waals surface area contributed by atoms with Gasteiger partial charge in [0.15, 0.2) is 0 Å². The molecular weight excluding hydrogens is 266 g/mol. The Morgan fingerprint density at radius 1 is 1.15 bits per heavy atom. The van der Waals surface area contributed by atoms with Gasteiger partial charge >= 0.3 is 0 Å². The second-order valence-corrected chi connectivity index (χ2v) is 6.41. The van der Waals surface area contributed by atoms with Crippen LogP contribution in [0.2, 0.25) is 0 Å². The van der Waals surface area contributed by atoms with Crippen molar-refractivity contribution in [1.29, 1.82) is 0 Å². The van der Waals surface area contributed by atoms with E-state index < -0.39 is 0 Å². The Hall–Kier alpha value is -1.42.